The van der Waals surface area contributed by atoms with Gasteiger partial charge in [-0.1, -0.05) is 33.4 Å². The van der Waals surface area contributed by atoms with Gasteiger partial charge in [0.25, 0.3) is 0 Å². The lowest BCUT2D eigenvalue weighted by atomic mass is 10.5. The average molecular weight is 285 g/mol. The Balaban J connectivity index is 0. The van der Waals surface area contributed by atoms with Crippen molar-refractivity contribution >= 4 is 7.26 Å². The minimum absolute atomic E-state index is 0. The van der Waals surface area contributed by atoms with Crippen molar-refractivity contribution in [2.45, 2.75) is 57.6 Å². The maximum absolute atomic E-state index is 10.2. The molecule has 0 saturated heterocycles. The van der Waals surface area contributed by atoms with Crippen LogP contribution in [0.5, 0.6) is 0 Å². The quantitative estimate of drug-likeness (QED) is 0.411. The van der Waals surface area contributed by atoms with Gasteiger partial charge in [0.15, 0.2) is 17.5 Å². The van der Waals surface area contributed by atoms with Gasteiger partial charge in [0.2, 0.25) is 0 Å². The van der Waals surface area contributed by atoms with E-state index < -0.39 is 24.8 Å². The summed E-state index contributed by atoms with van der Waals surface area (Å²) in [6, 6.07) is 0. The molecule has 0 spiro atoms. The first kappa shape index (κ1) is 19.7. The van der Waals surface area contributed by atoms with Crippen molar-refractivity contribution in [1.29, 1.82) is 0 Å². The number of aliphatic hydroxyl groups excluding tert-OH is 3. The minimum Gasteiger partial charge on any atom is -1.00 e. The van der Waals surface area contributed by atoms with Crippen molar-refractivity contribution in [2.24, 2.45) is 0 Å². The average Bonchev–Trinajstić information content (AvgIpc) is 2.32. The van der Waals surface area contributed by atoms with Crippen LogP contribution in [0.1, 0.15) is 40.0 Å². The van der Waals surface area contributed by atoms with Crippen LogP contribution in [0.25, 0.3) is 0 Å². The van der Waals surface area contributed by atoms with E-state index in [2.05, 4.69) is 6.58 Å². The van der Waals surface area contributed by atoms with Gasteiger partial charge in [-0.3, -0.25) is 0 Å². The lowest BCUT2D eigenvalue weighted by molar-refractivity contribution is -0.00000797. The molecule has 0 rings (SSSR count). The van der Waals surface area contributed by atoms with Gasteiger partial charge in [-0.2, -0.15) is 0 Å². The van der Waals surface area contributed by atoms with Gasteiger partial charge in [-0.25, -0.2) is 0 Å². The molecule has 0 saturated carbocycles. The fraction of sp³-hybridized carbons (Fsp3) is 0.833. The summed E-state index contributed by atoms with van der Waals surface area (Å²) in [5.74, 6) is -1.80. The number of hydrogen-bond acceptors (Lipinski definition) is 3. The summed E-state index contributed by atoms with van der Waals surface area (Å²) in [6.07, 6.45) is 3.94. The Labute approximate surface area is 112 Å². The molecular formula is C12H26ClO3P. The van der Waals surface area contributed by atoms with E-state index in [1.54, 1.807) is 6.08 Å². The summed E-state index contributed by atoms with van der Waals surface area (Å²) in [7, 11) is -2.22. The van der Waals surface area contributed by atoms with Crippen LogP contribution in [0.2, 0.25) is 0 Å². The summed E-state index contributed by atoms with van der Waals surface area (Å²) in [5, 5.41) is 30.6. The molecule has 3 atom stereocenters. The summed E-state index contributed by atoms with van der Waals surface area (Å²) < 4.78 is 0. The molecule has 0 radical (unpaired) electrons. The van der Waals surface area contributed by atoms with Gasteiger partial charge in [0.05, 0.1) is 6.16 Å². The zero-order valence-electron chi connectivity index (χ0n) is 11.0. The van der Waals surface area contributed by atoms with Crippen LogP contribution in [-0.2, 0) is 0 Å². The highest BCUT2D eigenvalue weighted by atomic mass is 35.5. The van der Waals surface area contributed by atoms with E-state index in [0.717, 1.165) is 0 Å². The van der Waals surface area contributed by atoms with E-state index in [4.69, 9.17) is 0 Å². The second-order valence-corrected chi connectivity index (χ2v) is 8.28. The molecule has 0 fully saturated rings. The maximum atomic E-state index is 10.2. The zero-order chi connectivity index (χ0) is 12.8. The summed E-state index contributed by atoms with van der Waals surface area (Å²) in [5.41, 5.74) is 0. The van der Waals surface area contributed by atoms with Crippen LogP contribution in [-0.4, -0.2) is 39.0 Å². The van der Waals surface area contributed by atoms with E-state index in [-0.39, 0.29) is 12.4 Å². The Bertz CT molecular complexity index is 187. The predicted molar refractivity (Wildman–Crippen MR) is 70.9 cm³/mol. The predicted octanol–water partition coefficient (Wildman–Crippen LogP) is -0.621. The Kier molecular flexibility index (Phi) is 10.8. The van der Waals surface area contributed by atoms with E-state index in [1.807, 2.05) is 20.8 Å². The Morgan fingerprint density at radius 3 is 1.41 bits per heavy atom. The Morgan fingerprint density at radius 1 is 0.941 bits per heavy atom. The summed E-state index contributed by atoms with van der Waals surface area (Å²) in [6.45, 7) is 9.34. The number of hydrogen-bond donors (Lipinski definition) is 3. The number of halogens is 1. The van der Waals surface area contributed by atoms with Crippen molar-refractivity contribution < 1.29 is 27.7 Å². The van der Waals surface area contributed by atoms with E-state index in [1.165, 1.54) is 0 Å². The zero-order valence-corrected chi connectivity index (χ0v) is 12.7. The van der Waals surface area contributed by atoms with Gasteiger partial charge in [-0.15, -0.1) is 0 Å². The topological polar surface area (TPSA) is 60.7 Å². The molecule has 0 aliphatic heterocycles. The Morgan fingerprint density at radius 2 is 1.24 bits per heavy atom. The number of allylic oxidation sites excluding steroid dienone is 1. The highest BCUT2D eigenvalue weighted by Crippen LogP contribution is 2.70. The smallest absolute Gasteiger partial charge is 0.169 e. The molecule has 0 aromatic carbocycles. The standard InChI is InChI=1S/C12H26O3P.ClH/c1-5-9-16(10(13)6-2,11(14)7-3)12(15)8-4;/h5,10-15H,1,6-9H2,2-4H3;1H/q+1;/p-1. The molecule has 0 aliphatic carbocycles. The molecule has 17 heavy (non-hydrogen) atoms. The van der Waals surface area contributed by atoms with Crippen molar-refractivity contribution in [3.63, 3.8) is 0 Å². The third-order valence-electron chi connectivity index (χ3n) is 3.21. The van der Waals surface area contributed by atoms with Crippen molar-refractivity contribution in [3.05, 3.63) is 12.7 Å². The molecule has 104 valence electrons. The van der Waals surface area contributed by atoms with Crippen LogP contribution in [0.15, 0.2) is 12.7 Å². The molecule has 3 unspecified atom stereocenters. The third-order valence-corrected chi connectivity index (χ3v) is 8.52. The first-order valence-electron chi connectivity index (χ1n) is 6.03. The van der Waals surface area contributed by atoms with Crippen LogP contribution in [0.4, 0.5) is 0 Å². The highest BCUT2D eigenvalue weighted by molar-refractivity contribution is 7.77. The van der Waals surface area contributed by atoms with E-state index in [9.17, 15) is 15.3 Å². The van der Waals surface area contributed by atoms with Crippen LogP contribution < -0.4 is 12.4 Å². The second-order valence-electron chi connectivity index (χ2n) is 4.13. The number of aliphatic hydroxyl groups is 3. The SMILES string of the molecule is C=CC[P+](C(O)CC)(C(O)CC)C(O)CC.[Cl-]. The molecule has 0 heterocycles. The van der Waals surface area contributed by atoms with Crippen LogP contribution >= 0.6 is 7.26 Å². The molecule has 5 heteroatoms. The normalized spacial score (nSPS) is 19.6. The van der Waals surface area contributed by atoms with E-state index >= 15 is 0 Å². The van der Waals surface area contributed by atoms with Gasteiger partial charge >= 0.3 is 0 Å². The Hall–Kier alpha value is 0.340. The highest BCUT2D eigenvalue weighted by Gasteiger charge is 2.54. The minimum atomic E-state index is -2.22. The fourth-order valence-corrected chi connectivity index (χ4v) is 6.61. The first-order valence-corrected chi connectivity index (χ1v) is 8.21. The second kappa shape index (κ2) is 9.29. The molecular weight excluding hydrogens is 259 g/mol. The molecule has 0 aromatic rings. The van der Waals surface area contributed by atoms with Gasteiger partial charge in [-0.05, 0) is 0 Å². The fourth-order valence-electron chi connectivity index (χ4n) is 2.20. The maximum Gasteiger partial charge on any atom is 0.169 e. The molecule has 3 N–H and O–H groups in total. The summed E-state index contributed by atoms with van der Waals surface area (Å²) >= 11 is 0. The largest absolute Gasteiger partial charge is 1.00 e. The molecule has 0 aromatic heterocycles. The van der Waals surface area contributed by atoms with Gasteiger partial charge in [0, 0.05) is 19.3 Å². The van der Waals surface area contributed by atoms with Gasteiger partial charge in [0.1, 0.15) is 7.26 Å². The van der Waals surface area contributed by atoms with Crippen molar-refractivity contribution in [1.82, 2.24) is 0 Å². The van der Waals surface area contributed by atoms with Crippen LogP contribution in [0, 0.1) is 0 Å². The molecule has 0 amide bonds. The van der Waals surface area contributed by atoms with Crippen molar-refractivity contribution in [3.8, 4) is 0 Å². The lowest BCUT2D eigenvalue weighted by Gasteiger charge is -2.37. The molecule has 3 nitrogen and oxygen atoms in total. The molecule has 0 aliphatic rings. The van der Waals surface area contributed by atoms with Gasteiger partial charge < -0.3 is 27.7 Å². The van der Waals surface area contributed by atoms with Crippen molar-refractivity contribution in [2.75, 3.05) is 6.16 Å². The first-order chi connectivity index (χ1) is 7.50. The van der Waals surface area contributed by atoms with E-state index in [0.29, 0.717) is 25.4 Å². The third kappa shape index (κ3) is 4.18. The number of rotatable bonds is 8. The monoisotopic (exact) mass is 284 g/mol. The van der Waals surface area contributed by atoms with Crippen LogP contribution in [0.3, 0.4) is 0 Å². The lowest BCUT2D eigenvalue weighted by Crippen LogP contribution is -3.00. The molecule has 0 bridgehead atoms. The summed E-state index contributed by atoms with van der Waals surface area (Å²) in [4.78, 5) is 0.